The van der Waals surface area contributed by atoms with Crippen LogP contribution in [0.15, 0.2) is 231 Å². The van der Waals surface area contributed by atoms with Gasteiger partial charge < -0.3 is 0 Å². The monoisotopic (exact) mass is 826 g/mol. The maximum absolute atomic E-state index is 5.51. The van der Waals surface area contributed by atoms with Gasteiger partial charge in [0, 0.05) is 38.2 Å². The number of hydrogen-bond donors (Lipinski definition) is 0. The number of fused-ring (bicyclic) bond motifs is 8. The quantitative estimate of drug-likeness (QED) is 0.124. The Balaban J connectivity index is 1.06. The summed E-state index contributed by atoms with van der Waals surface area (Å²) in [5.74, 6) is 0. The first-order chi connectivity index (χ1) is 32.2. The molecule has 0 saturated heterocycles. The summed E-state index contributed by atoms with van der Waals surface area (Å²) in [7, 11) is 0. The summed E-state index contributed by atoms with van der Waals surface area (Å²) >= 11 is 0. The first-order valence-electron chi connectivity index (χ1n) is 22.1. The molecule has 4 nitrogen and oxygen atoms in total. The van der Waals surface area contributed by atoms with E-state index in [1.54, 1.807) is 0 Å². The van der Waals surface area contributed by atoms with Crippen LogP contribution >= 0.6 is 0 Å². The zero-order valence-electron chi connectivity index (χ0n) is 35.2. The molecule has 0 saturated carbocycles. The molecule has 0 aliphatic heterocycles. The van der Waals surface area contributed by atoms with E-state index in [0.717, 1.165) is 110 Å². The van der Waals surface area contributed by atoms with E-state index in [1.807, 2.05) is 6.07 Å². The number of benzene rings is 10. The fraction of sp³-hybridized carbons (Fsp3) is 0. The van der Waals surface area contributed by atoms with Gasteiger partial charge in [-0.15, -0.1) is 0 Å². The molecule has 0 bridgehead atoms. The molecule has 3 heterocycles. The Bertz CT molecular complexity index is 3920. The molecule has 4 heteroatoms. The van der Waals surface area contributed by atoms with Crippen molar-refractivity contribution in [2.45, 2.75) is 0 Å². The van der Waals surface area contributed by atoms with Crippen LogP contribution in [-0.2, 0) is 0 Å². The number of pyridine rings is 2. The van der Waals surface area contributed by atoms with E-state index in [1.165, 1.54) is 16.3 Å². The number of rotatable bonds is 6. The Morgan fingerprint density at radius 2 is 0.815 bits per heavy atom. The fourth-order valence-corrected chi connectivity index (χ4v) is 9.99. The highest BCUT2D eigenvalue weighted by molar-refractivity contribution is 6.23. The van der Waals surface area contributed by atoms with Crippen molar-refractivity contribution in [3.05, 3.63) is 231 Å². The number of para-hydroxylation sites is 1. The zero-order valence-corrected chi connectivity index (χ0v) is 35.2. The van der Waals surface area contributed by atoms with E-state index in [0.29, 0.717) is 0 Å². The minimum absolute atomic E-state index is 0.898. The van der Waals surface area contributed by atoms with Gasteiger partial charge in [0.2, 0.25) is 0 Å². The first-order valence-corrected chi connectivity index (χ1v) is 22.1. The Kier molecular flexibility index (Phi) is 8.50. The molecule has 0 aliphatic carbocycles. The summed E-state index contributed by atoms with van der Waals surface area (Å²) in [6.07, 6.45) is 0. The van der Waals surface area contributed by atoms with Gasteiger partial charge in [0.05, 0.1) is 33.6 Å². The molecule has 13 aromatic rings. The normalized spacial score (nSPS) is 11.7. The summed E-state index contributed by atoms with van der Waals surface area (Å²) in [6.45, 7) is 0. The summed E-state index contributed by atoms with van der Waals surface area (Å²) in [5.41, 5.74) is 14.7. The molecule has 0 spiro atoms. The fourth-order valence-electron chi connectivity index (χ4n) is 9.99. The largest absolute Gasteiger partial charge is 0.245 e. The van der Waals surface area contributed by atoms with Crippen LogP contribution in [0, 0.1) is 0 Å². The zero-order chi connectivity index (χ0) is 42.8. The molecule has 0 N–H and O–H groups in total. The Morgan fingerprint density at radius 1 is 0.323 bits per heavy atom. The third-order valence-electron chi connectivity index (χ3n) is 13.0. The van der Waals surface area contributed by atoms with Crippen LogP contribution in [0.4, 0.5) is 0 Å². The molecule has 0 unspecified atom stereocenters. The third kappa shape index (κ3) is 6.03. The highest BCUT2D eigenvalue weighted by Gasteiger charge is 2.23. The summed E-state index contributed by atoms with van der Waals surface area (Å²) in [6, 6.07) is 82.1. The van der Waals surface area contributed by atoms with Crippen molar-refractivity contribution in [1.82, 2.24) is 19.7 Å². The van der Waals surface area contributed by atoms with E-state index < -0.39 is 0 Å². The molecule has 10 aromatic carbocycles. The van der Waals surface area contributed by atoms with Crippen LogP contribution in [0.5, 0.6) is 0 Å². The summed E-state index contributed by atoms with van der Waals surface area (Å²) in [4.78, 5) is 10.7. The maximum Gasteiger partial charge on any atom is 0.101 e. The van der Waals surface area contributed by atoms with Crippen LogP contribution < -0.4 is 0 Å². The average Bonchev–Trinajstić information content (AvgIpc) is 3.79. The lowest BCUT2D eigenvalue weighted by Gasteiger charge is -2.18. The predicted octanol–water partition coefficient (Wildman–Crippen LogP) is 15.9. The first kappa shape index (κ1) is 36.9. The molecular weight excluding hydrogens is 789 g/mol. The molecular formula is C61H38N4. The third-order valence-corrected chi connectivity index (χ3v) is 13.0. The molecule has 0 aliphatic rings. The molecule has 302 valence electrons. The second-order valence-corrected chi connectivity index (χ2v) is 16.7. The molecule has 13 rings (SSSR count). The van der Waals surface area contributed by atoms with Gasteiger partial charge >= 0.3 is 0 Å². The highest BCUT2D eigenvalue weighted by atomic mass is 15.3. The maximum atomic E-state index is 5.51. The van der Waals surface area contributed by atoms with Gasteiger partial charge in [-0.25, -0.2) is 14.6 Å². The lowest BCUT2D eigenvalue weighted by atomic mass is 9.86. The van der Waals surface area contributed by atoms with Crippen molar-refractivity contribution in [1.29, 1.82) is 0 Å². The van der Waals surface area contributed by atoms with Crippen LogP contribution in [0.2, 0.25) is 0 Å². The van der Waals surface area contributed by atoms with E-state index in [9.17, 15) is 0 Å². The van der Waals surface area contributed by atoms with E-state index in [4.69, 9.17) is 15.1 Å². The predicted molar refractivity (Wildman–Crippen MR) is 271 cm³/mol. The van der Waals surface area contributed by atoms with Crippen LogP contribution in [0.1, 0.15) is 0 Å². The lowest BCUT2D eigenvalue weighted by molar-refractivity contribution is 0.918. The Morgan fingerprint density at radius 3 is 1.43 bits per heavy atom. The van der Waals surface area contributed by atoms with Crippen LogP contribution in [-0.4, -0.2) is 19.7 Å². The van der Waals surface area contributed by atoms with E-state index in [2.05, 4.69) is 229 Å². The number of aromatic nitrogens is 4. The molecule has 0 amide bonds. The molecule has 3 aromatic heterocycles. The van der Waals surface area contributed by atoms with Crippen molar-refractivity contribution in [2.75, 3.05) is 0 Å². The smallest absolute Gasteiger partial charge is 0.101 e. The van der Waals surface area contributed by atoms with Crippen molar-refractivity contribution < 1.29 is 0 Å². The highest BCUT2D eigenvalue weighted by Crippen LogP contribution is 2.46. The van der Waals surface area contributed by atoms with E-state index >= 15 is 0 Å². The molecule has 0 fully saturated rings. The van der Waals surface area contributed by atoms with Crippen molar-refractivity contribution in [3.8, 4) is 61.7 Å². The topological polar surface area (TPSA) is 43.6 Å². The second kappa shape index (κ2) is 15.0. The lowest BCUT2D eigenvalue weighted by Crippen LogP contribution is -1.97. The Hall–Kier alpha value is -8.73. The van der Waals surface area contributed by atoms with Crippen molar-refractivity contribution in [3.63, 3.8) is 0 Å². The number of hydrogen-bond acceptors (Lipinski definition) is 3. The SMILES string of the molecule is c1ccc(-c2ccc3ccc4ccc(-c5c6ccccc6c(-c6ccc7c(c6)cc(-c6ccccc6)c6c(-c8ccccc8)nn(-c8ccccc8)c67)c6ccccc56)nc4c3n2)cc1. The second-order valence-electron chi connectivity index (χ2n) is 16.7. The summed E-state index contributed by atoms with van der Waals surface area (Å²) < 4.78 is 2.14. The van der Waals surface area contributed by atoms with Gasteiger partial charge in [0.1, 0.15) is 5.69 Å². The summed E-state index contributed by atoms with van der Waals surface area (Å²) in [5, 5.41) is 15.6. The van der Waals surface area contributed by atoms with Gasteiger partial charge in [-0.05, 0) is 85.6 Å². The minimum atomic E-state index is 0.898. The molecule has 0 atom stereocenters. The van der Waals surface area contributed by atoms with Gasteiger partial charge in [-0.1, -0.05) is 194 Å². The van der Waals surface area contributed by atoms with Gasteiger partial charge in [-0.2, -0.15) is 5.10 Å². The molecule has 65 heavy (non-hydrogen) atoms. The van der Waals surface area contributed by atoms with Crippen LogP contribution in [0.25, 0.3) is 127 Å². The van der Waals surface area contributed by atoms with Crippen molar-refractivity contribution >= 4 is 65.0 Å². The van der Waals surface area contributed by atoms with Crippen molar-refractivity contribution in [2.24, 2.45) is 0 Å². The van der Waals surface area contributed by atoms with Gasteiger partial charge in [-0.3, -0.25) is 0 Å². The average molecular weight is 827 g/mol. The van der Waals surface area contributed by atoms with E-state index in [-0.39, 0.29) is 0 Å². The van der Waals surface area contributed by atoms with Gasteiger partial charge in [0.25, 0.3) is 0 Å². The van der Waals surface area contributed by atoms with Crippen LogP contribution in [0.3, 0.4) is 0 Å². The Labute approximate surface area is 375 Å². The minimum Gasteiger partial charge on any atom is -0.245 e. The number of nitrogens with zero attached hydrogens (tertiary/aromatic N) is 4. The van der Waals surface area contributed by atoms with Gasteiger partial charge in [0.15, 0.2) is 0 Å². The molecule has 0 radical (unpaired) electrons. The standard InChI is InChI=1S/C61H38N4/c1-5-17-39(18-6-1)52-38-45-37-44(31-34-47(45)61-57(52)58(41-21-9-3-10-22-41)64-65(61)46-23-11-4-12-24-46)55-48-25-13-15-27-50(48)56(51-28-16-14-26-49(51)55)54-36-33-43-30-29-42-32-35-53(40-19-7-2-8-20-40)62-59(42)60(43)63-54/h1-38H.